The van der Waals surface area contributed by atoms with E-state index in [9.17, 15) is 9.59 Å². The van der Waals surface area contributed by atoms with Gasteiger partial charge in [-0.1, -0.05) is 60.7 Å². The summed E-state index contributed by atoms with van der Waals surface area (Å²) in [7, 11) is 0. The summed E-state index contributed by atoms with van der Waals surface area (Å²) in [5.74, 6) is -0.205. The zero-order valence-electron chi connectivity index (χ0n) is 15.8. The van der Waals surface area contributed by atoms with E-state index in [1.807, 2.05) is 41.7 Å². The molecule has 0 aliphatic rings. The van der Waals surface area contributed by atoms with Gasteiger partial charge < -0.3 is 16.0 Å². The molecule has 0 spiro atoms. The third kappa shape index (κ3) is 5.53. The van der Waals surface area contributed by atoms with Crippen molar-refractivity contribution in [3.8, 4) is 0 Å². The lowest BCUT2D eigenvalue weighted by molar-refractivity contribution is -0.676. The Balaban J connectivity index is 1.63. The molecule has 3 rings (SSSR count). The molecule has 2 amide bonds. The van der Waals surface area contributed by atoms with Gasteiger partial charge >= 0.3 is 0 Å². The predicted octanol–water partition coefficient (Wildman–Crippen LogP) is 2.94. The van der Waals surface area contributed by atoms with Gasteiger partial charge in [-0.15, -0.1) is 0 Å². The van der Waals surface area contributed by atoms with Crippen molar-refractivity contribution in [3.63, 3.8) is 0 Å². The maximum atomic E-state index is 12.4. The largest absolute Gasteiger partial charge is 0.328 e. The lowest BCUT2D eigenvalue weighted by Crippen LogP contribution is -2.87. The summed E-state index contributed by atoms with van der Waals surface area (Å²) in [6.45, 7) is 1.75. The summed E-state index contributed by atoms with van der Waals surface area (Å²) in [5, 5.41) is 7.64. The Labute approximate surface area is 164 Å². The average molecular weight is 374 g/mol. The summed E-state index contributed by atoms with van der Waals surface area (Å²) in [4.78, 5) is 23.5. The molecule has 28 heavy (non-hydrogen) atoms. The van der Waals surface area contributed by atoms with Crippen LogP contribution in [0.25, 0.3) is 0 Å². The molecule has 3 aromatic carbocycles. The van der Waals surface area contributed by atoms with Crippen LogP contribution in [0.4, 0.5) is 11.4 Å². The number of carbonyl (C=O) groups is 2. The monoisotopic (exact) mass is 374 g/mol. The number of quaternary nitrogens is 1. The van der Waals surface area contributed by atoms with E-state index in [1.54, 1.807) is 24.3 Å². The fourth-order valence-corrected chi connectivity index (χ4v) is 3.06. The van der Waals surface area contributed by atoms with E-state index in [2.05, 4.69) is 34.9 Å². The van der Waals surface area contributed by atoms with Gasteiger partial charge in [0.05, 0.1) is 0 Å². The molecule has 0 radical (unpaired) electrons. The molecule has 142 valence electrons. The van der Waals surface area contributed by atoms with E-state index in [-0.39, 0.29) is 17.9 Å². The van der Waals surface area contributed by atoms with E-state index in [1.165, 1.54) is 6.92 Å². The minimum absolute atomic E-state index is 0.0512. The molecule has 0 saturated heterocycles. The lowest BCUT2D eigenvalue weighted by atomic mass is 9.99. The molecule has 4 N–H and O–H groups in total. The van der Waals surface area contributed by atoms with Gasteiger partial charge in [0.2, 0.25) is 5.91 Å². The van der Waals surface area contributed by atoms with Crippen LogP contribution in [-0.4, -0.2) is 18.4 Å². The fraction of sp³-hybridized carbons (Fsp3) is 0.130. The van der Waals surface area contributed by atoms with Crippen molar-refractivity contribution in [1.29, 1.82) is 0 Å². The number of anilines is 2. The molecule has 0 aromatic heterocycles. The van der Waals surface area contributed by atoms with Gasteiger partial charge in [-0.05, 0) is 24.3 Å². The summed E-state index contributed by atoms with van der Waals surface area (Å²) in [6, 6.07) is 27.4. The van der Waals surface area contributed by atoms with Gasteiger partial charge in [0.1, 0.15) is 6.04 Å². The van der Waals surface area contributed by atoms with Gasteiger partial charge in [-0.25, -0.2) is 0 Å². The second kappa shape index (κ2) is 9.48. The van der Waals surface area contributed by atoms with E-state index >= 15 is 0 Å². The minimum atomic E-state index is -0.126. The van der Waals surface area contributed by atoms with Crippen LogP contribution in [0, 0.1) is 0 Å². The van der Waals surface area contributed by atoms with Crippen LogP contribution in [0.2, 0.25) is 0 Å². The fourth-order valence-electron chi connectivity index (χ4n) is 3.06. The van der Waals surface area contributed by atoms with Crippen LogP contribution >= 0.6 is 0 Å². The Kier molecular flexibility index (Phi) is 6.54. The molecule has 0 aliphatic heterocycles. The first-order valence-corrected chi connectivity index (χ1v) is 9.22. The van der Waals surface area contributed by atoms with Gasteiger partial charge in [0.15, 0.2) is 6.54 Å². The van der Waals surface area contributed by atoms with Crippen LogP contribution < -0.4 is 16.0 Å². The molecule has 0 heterocycles. The minimum Gasteiger partial charge on any atom is -0.328 e. The molecule has 0 fully saturated rings. The van der Waals surface area contributed by atoms with Crippen molar-refractivity contribution >= 4 is 23.2 Å². The highest BCUT2D eigenvalue weighted by atomic mass is 16.2. The third-order valence-electron chi connectivity index (χ3n) is 4.35. The molecule has 3 aromatic rings. The summed E-state index contributed by atoms with van der Waals surface area (Å²) >= 11 is 0. The maximum Gasteiger partial charge on any atom is 0.279 e. The number of carbonyl (C=O) groups excluding carboxylic acids is 2. The Bertz CT molecular complexity index is 870. The highest BCUT2D eigenvalue weighted by Gasteiger charge is 2.18. The van der Waals surface area contributed by atoms with Crippen LogP contribution in [0.15, 0.2) is 84.9 Å². The van der Waals surface area contributed by atoms with Gasteiger partial charge in [0.25, 0.3) is 5.91 Å². The molecule has 0 bridgehead atoms. The number of nitrogens with two attached hydrogens (primary N) is 1. The van der Waals surface area contributed by atoms with Crippen molar-refractivity contribution in [3.05, 3.63) is 96.1 Å². The first kappa shape index (κ1) is 19.3. The van der Waals surface area contributed by atoms with E-state index < -0.39 is 0 Å². The Morgan fingerprint density at radius 3 is 1.68 bits per heavy atom. The van der Waals surface area contributed by atoms with E-state index in [0.717, 1.165) is 11.1 Å². The van der Waals surface area contributed by atoms with Crippen LogP contribution in [-0.2, 0) is 9.59 Å². The first-order valence-electron chi connectivity index (χ1n) is 9.22. The number of rotatable bonds is 7. The van der Waals surface area contributed by atoms with Crippen molar-refractivity contribution in [1.82, 2.24) is 0 Å². The second-order valence-corrected chi connectivity index (χ2v) is 6.55. The first-order chi connectivity index (χ1) is 13.6. The summed E-state index contributed by atoms with van der Waals surface area (Å²) < 4.78 is 0. The van der Waals surface area contributed by atoms with Gasteiger partial charge in [-0.2, -0.15) is 0 Å². The molecule has 0 atom stereocenters. The molecule has 0 aliphatic carbocycles. The molecule has 0 saturated carbocycles. The van der Waals surface area contributed by atoms with Crippen LogP contribution in [0.1, 0.15) is 24.1 Å². The Hall–Kier alpha value is -3.44. The SMILES string of the molecule is CC(=O)Nc1ccc(NC(=O)C[NH2+]C(c2ccccc2)c2ccccc2)cc1. The third-order valence-corrected chi connectivity index (χ3v) is 4.35. The molecule has 0 unspecified atom stereocenters. The summed E-state index contributed by atoms with van der Waals surface area (Å²) in [5.41, 5.74) is 3.70. The van der Waals surface area contributed by atoms with Crippen LogP contribution in [0.5, 0.6) is 0 Å². The molecule has 5 nitrogen and oxygen atoms in total. The zero-order valence-corrected chi connectivity index (χ0v) is 15.8. The maximum absolute atomic E-state index is 12.4. The molecular formula is C23H24N3O2+. The summed E-state index contributed by atoms with van der Waals surface area (Å²) in [6.07, 6.45) is 0. The van der Waals surface area contributed by atoms with Gasteiger partial charge in [0, 0.05) is 29.4 Å². The number of hydrogen-bond donors (Lipinski definition) is 3. The standard InChI is InChI=1S/C23H23N3O2/c1-17(27)25-20-12-14-21(15-13-20)26-22(28)16-24-23(18-8-4-2-5-9-18)19-10-6-3-7-11-19/h2-15,23-24H,16H2,1H3,(H,25,27)(H,26,28)/p+1. The van der Waals surface area contributed by atoms with Crippen LogP contribution in [0.3, 0.4) is 0 Å². The Morgan fingerprint density at radius 1 is 0.750 bits per heavy atom. The lowest BCUT2D eigenvalue weighted by Gasteiger charge is -2.16. The quantitative estimate of drug-likeness (QED) is 0.595. The topological polar surface area (TPSA) is 74.8 Å². The molecule has 5 heteroatoms. The average Bonchev–Trinajstić information content (AvgIpc) is 2.71. The normalized spacial score (nSPS) is 10.5. The second-order valence-electron chi connectivity index (χ2n) is 6.55. The van der Waals surface area contributed by atoms with Crippen molar-refractivity contribution in [2.75, 3.05) is 17.2 Å². The number of amides is 2. The number of hydrogen-bond acceptors (Lipinski definition) is 2. The highest BCUT2D eigenvalue weighted by molar-refractivity contribution is 5.92. The highest BCUT2D eigenvalue weighted by Crippen LogP contribution is 2.17. The predicted molar refractivity (Wildman–Crippen MR) is 111 cm³/mol. The van der Waals surface area contributed by atoms with Crippen molar-refractivity contribution in [2.24, 2.45) is 0 Å². The van der Waals surface area contributed by atoms with Gasteiger partial charge in [-0.3, -0.25) is 9.59 Å². The van der Waals surface area contributed by atoms with Crippen molar-refractivity contribution < 1.29 is 14.9 Å². The molecular weight excluding hydrogens is 350 g/mol. The number of nitrogens with one attached hydrogen (secondary N) is 2. The smallest absolute Gasteiger partial charge is 0.279 e. The van der Waals surface area contributed by atoms with E-state index in [0.29, 0.717) is 17.9 Å². The number of benzene rings is 3. The van der Waals surface area contributed by atoms with E-state index in [4.69, 9.17) is 0 Å². The zero-order chi connectivity index (χ0) is 19.8. The Morgan fingerprint density at radius 2 is 1.21 bits per heavy atom. The van der Waals surface area contributed by atoms with Crippen molar-refractivity contribution in [2.45, 2.75) is 13.0 Å².